The van der Waals surface area contributed by atoms with E-state index in [4.69, 9.17) is 10.5 Å². The Kier molecular flexibility index (Phi) is 4.09. The van der Waals surface area contributed by atoms with Gasteiger partial charge in [-0.25, -0.2) is 14.6 Å². The molecule has 30 heavy (non-hydrogen) atoms. The molecule has 0 radical (unpaired) electrons. The molecule has 0 bridgehead atoms. The molecule has 2 aliphatic rings. The molecule has 1 aliphatic carbocycles. The molecule has 0 saturated heterocycles. The van der Waals surface area contributed by atoms with Gasteiger partial charge in [0, 0.05) is 12.1 Å². The highest BCUT2D eigenvalue weighted by molar-refractivity contribution is 5.81. The van der Waals surface area contributed by atoms with Crippen LogP contribution < -0.4 is 10.5 Å². The van der Waals surface area contributed by atoms with Crippen molar-refractivity contribution in [3.05, 3.63) is 36.3 Å². The maximum Gasteiger partial charge on any atom is 0.408 e. The van der Waals surface area contributed by atoms with Crippen LogP contribution in [0.4, 0.5) is 13.2 Å². The van der Waals surface area contributed by atoms with E-state index in [2.05, 4.69) is 15.1 Å². The summed E-state index contributed by atoms with van der Waals surface area (Å²) in [6.45, 7) is -0.387. The van der Waals surface area contributed by atoms with Crippen LogP contribution in [-0.2, 0) is 17.9 Å². The second kappa shape index (κ2) is 6.57. The summed E-state index contributed by atoms with van der Waals surface area (Å²) in [6.07, 6.45) is -0.953. The minimum absolute atomic E-state index is 0.0502. The predicted octanol–water partition coefficient (Wildman–Crippen LogP) is 2.35. The monoisotopic (exact) mass is 418 g/mol. The van der Waals surface area contributed by atoms with Gasteiger partial charge in [-0.05, 0) is 30.0 Å². The van der Waals surface area contributed by atoms with Crippen molar-refractivity contribution in [1.29, 1.82) is 0 Å². The summed E-state index contributed by atoms with van der Waals surface area (Å²) in [4.78, 5) is 19.9. The summed E-state index contributed by atoms with van der Waals surface area (Å²) in [5.41, 5.74) is 7.39. The topological polar surface area (TPSA) is 101 Å². The largest absolute Gasteiger partial charge is 0.491 e. The molecule has 3 aromatic rings. The Balaban J connectivity index is 1.50. The van der Waals surface area contributed by atoms with Gasteiger partial charge in [0.15, 0.2) is 5.82 Å². The number of hydrogen-bond donors (Lipinski definition) is 1. The summed E-state index contributed by atoms with van der Waals surface area (Å²) in [6, 6.07) is 5.65. The highest BCUT2D eigenvalue weighted by atomic mass is 19.4. The number of carbonyl (C=O) groups is 1. The van der Waals surface area contributed by atoms with Gasteiger partial charge < -0.3 is 15.0 Å². The predicted molar refractivity (Wildman–Crippen MR) is 98.3 cm³/mol. The first kappa shape index (κ1) is 18.6. The van der Waals surface area contributed by atoms with Gasteiger partial charge in [-0.3, -0.25) is 4.79 Å². The van der Waals surface area contributed by atoms with E-state index in [9.17, 15) is 18.0 Å². The Bertz CT molecular complexity index is 1140. The van der Waals surface area contributed by atoms with Gasteiger partial charge in [0.05, 0.1) is 12.1 Å². The molecule has 1 aromatic carbocycles. The lowest BCUT2D eigenvalue weighted by atomic mass is 10.0. The lowest BCUT2D eigenvalue weighted by Crippen LogP contribution is -2.19. The van der Waals surface area contributed by atoms with Crippen molar-refractivity contribution in [1.82, 2.24) is 24.3 Å². The zero-order valence-electron chi connectivity index (χ0n) is 15.6. The molecule has 2 aromatic heterocycles. The number of benzene rings is 1. The second-order valence-electron chi connectivity index (χ2n) is 7.45. The highest BCUT2D eigenvalue weighted by Crippen LogP contribution is 2.49. The van der Waals surface area contributed by atoms with Crippen LogP contribution in [-0.4, -0.2) is 43.0 Å². The summed E-state index contributed by atoms with van der Waals surface area (Å²) in [7, 11) is 0. The van der Waals surface area contributed by atoms with Gasteiger partial charge in [0.25, 0.3) is 0 Å². The number of nitrogens with two attached hydrogens (primary N) is 1. The molecular weight excluding hydrogens is 401 g/mol. The minimum atomic E-state index is -4.41. The molecule has 11 heteroatoms. The third-order valence-corrected chi connectivity index (χ3v) is 5.37. The maximum absolute atomic E-state index is 12.8. The Hall–Kier alpha value is -3.37. The highest BCUT2D eigenvalue weighted by Gasteiger charge is 2.43. The Morgan fingerprint density at radius 2 is 2.13 bits per heavy atom. The second-order valence-corrected chi connectivity index (χ2v) is 7.45. The summed E-state index contributed by atoms with van der Waals surface area (Å²) in [5, 5.41) is 3.68. The SMILES string of the molecule is NC(=O)[C@@H]1C[C@@H]1c1ccc2c(c1)OCCn1cc(-c3ncnn3CC(F)(F)F)nc1-2. The first-order valence-electron chi connectivity index (χ1n) is 9.39. The van der Waals surface area contributed by atoms with Crippen molar-refractivity contribution in [3.8, 4) is 28.7 Å². The fraction of sp³-hybridized carbons (Fsp3) is 0.368. The molecule has 2 N–H and O–H groups in total. The lowest BCUT2D eigenvalue weighted by Gasteiger charge is -2.09. The number of ether oxygens (including phenoxy) is 1. The Labute approximate surface area is 168 Å². The number of amides is 1. The van der Waals surface area contributed by atoms with Crippen LogP contribution in [0.3, 0.4) is 0 Å². The molecule has 3 heterocycles. The van der Waals surface area contributed by atoms with E-state index < -0.39 is 12.7 Å². The first-order valence-corrected chi connectivity index (χ1v) is 9.39. The van der Waals surface area contributed by atoms with Gasteiger partial charge in [-0.15, -0.1) is 0 Å². The third kappa shape index (κ3) is 3.29. The molecule has 1 amide bonds. The molecule has 0 unspecified atom stereocenters. The van der Waals surface area contributed by atoms with Crippen LogP contribution in [0.2, 0.25) is 0 Å². The lowest BCUT2D eigenvalue weighted by molar-refractivity contribution is -0.142. The smallest absolute Gasteiger partial charge is 0.408 e. The van der Waals surface area contributed by atoms with Crippen molar-refractivity contribution in [2.75, 3.05) is 6.61 Å². The van der Waals surface area contributed by atoms with E-state index in [-0.39, 0.29) is 23.6 Å². The standard InChI is InChI=1S/C19H17F3N6O2/c20-19(21,22)8-28-18(24-9-25-28)14-7-27-3-4-30-15-5-10(12-6-13(12)16(23)29)1-2-11(15)17(27)26-14/h1-2,5,7,9,12-13H,3-4,6,8H2,(H2,23,29)/t12-,13-/m1/s1. The van der Waals surface area contributed by atoms with Crippen molar-refractivity contribution >= 4 is 5.91 Å². The summed E-state index contributed by atoms with van der Waals surface area (Å²) < 4.78 is 46.9. The molecule has 5 rings (SSSR count). The van der Waals surface area contributed by atoms with Gasteiger partial charge in [0.1, 0.15) is 36.7 Å². The fourth-order valence-corrected chi connectivity index (χ4v) is 3.86. The first-order chi connectivity index (χ1) is 14.3. The number of hydrogen-bond acceptors (Lipinski definition) is 5. The molecule has 1 aliphatic heterocycles. The number of primary amides is 1. The fourth-order valence-electron chi connectivity index (χ4n) is 3.86. The van der Waals surface area contributed by atoms with Crippen molar-refractivity contribution in [2.45, 2.75) is 31.6 Å². The van der Waals surface area contributed by atoms with Crippen LogP contribution in [0.5, 0.6) is 5.75 Å². The number of nitrogens with zero attached hydrogens (tertiary/aromatic N) is 5. The zero-order valence-corrected chi connectivity index (χ0v) is 15.6. The van der Waals surface area contributed by atoms with E-state index in [0.29, 0.717) is 30.4 Å². The molecule has 8 nitrogen and oxygen atoms in total. The van der Waals surface area contributed by atoms with Crippen LogP contribution in [0.1, 0.15) is 17.9 Å². The number of halogens is 3. The molecule has 2 atom stereocenters. The van der Waals surface area contributed by atoms with E-state index in [1.54, 1.807) is 6.20 Å². The summed E-state index contributed by atoms with van der Waals surface area (Å²) in [5.74, 6) is 0.884. The van der Waals surface area contributed by atoms with Gasteiger partial charge >= 0.3 is 6.18 Å². The zero-order chi connectivity index (χ0) is 21.0. The van der Waals surface area contributed by atoms with E-state index in [1.165, 1.54) is 0 Å². The number of carbonyl (C=O) groups excluding carboxylic acids is 1. The average molecular weight is 418 g/mol. The quantitative estimate of drug-likeness (QED) is 0.701. The minimum Gasteiger partial charge on any atom is -0.491 e. The van der Waals surface area contributed by atoms with E-state index >= 15 is 0 Å². The molecule has 1 fully saturated rings. The van der Waals surface area contributed by atoms with Gasteiger partial charge in [-0.1, -0.05) is 6.07 Å². The number of rotatable bonds is 4. The number of aromatic nitrogens is 5. The molecule has 156 valence electrons. The van der Waals surface area contributed by atoms with Gasteiger partial charge in [-0.2, -0.15) is 18.3 Å². The number of imidazole rings is 1. The van der Waals surface area contributed by atoms with Crippen LogP contribution >= 0.6 is 0 Å². The molecule has 1 saturated carbocycles. The Morgan fingerprint density at radius 1 is 1.30 bits per heavy atom. The number of alkyl halides is 3. The van der Waals surface area contributed by atoms with E-state index in [0.717, 1.165) is 28.6 Å². The Morgan fingerprint density at radius 3 is 2.87 bits per heavy atom. The van der Waals surface area contributed by atoms with E-state index in [1.807, 2.05) is 22.8 Å². The van der Waals surface area contributed by atoms with Crippen LogP contribution in [0, 0.1) is 5.92 Å². The molecule has 0 spiro atoms. The average Bonchev–Trinajstić information content (AvgIpc) is 3.25. The summed E-state index contributed by atoms with van der Waals surface area (Å²) >= 11 is 0. The van der Waals surface area contributed by atoms with Crippen molar-refractivity contribution in [3.63, 3.8) is 0 Å². The number of fused-ring (bicyclic) bond motifs is 3. The van der Waals surface area contributed by atoms with Crippen molar-refractivity contribution < 1.29 is 22.7 Å². The third-order valence-electron chi connectivity index (χ3n) is 5.37. The van der Waals surface area contributed by atoms with Gasteiger partial charge in [0.2, 0.25) is 5.91 Å². The van der Waals surface area contributed by atoms with Crippen molar-refractivity contribution in [2.24, 2.45) is 11.7 Å². The normalized spacial score (nSPS) is 20.1. The maximum atomic E-state index is 12.8. The van der Waals surface area contributed by atoms with Crippen LogP contribution in [0.25, 0.3) is 22.9 Å². The van der Waals surface area contributed by atoms with Crippen LogP contribution in [0.15, 0.2) is 30.7 Å². The molecular formula is C19H17F3N6O2.